The van der Waals surface area contributed by atoms with Gasteiger partial charge >= 0.3 is 23.2 Å². The number of rotatable bonds is 4. The van der Waals surface area contributed by atoms with E-state index in [1.165, 1.54) is 66.8 Å². The molecule has 324 valence electrons. The van der Waals surface area contributed by atoms with Gasteiger partial charge in [-0.1, -0.05) is 95.1 Å². The van der Waals surface area contributed by atoms with E-state index >= 15 is 0 Å². The molecule has 0 atom stereocenters. The van der Waals surface area contributed by atoms with Crippen LogP contribution in [0.15, 0.2) is 72.8 Å². The first-order valence-corrected chi connectivity index (χ1v) is 22.2. The molecule has 7 aromatic rings. The summed E-state index contributed by atoms with van der Waals surface area (Å²) in [7, 11) is 0. The standard InChI is InChI=1S/C56H52N4.Mo.H2O2.O/c1-29-21-33(5)49(34(6)22-29)53-41-13-15-43(57-41)54(50-35(7)23-30(2)24-36(50)8)45-17-19-47(59-45)56(52-39(11)27-32(4)28-40(52)12)48-20-18-46(60-48)55(44-16-14-42(53)58-44)51-37(9)25-31(3)26-38(51)10;;1-2;/h13-28H,1-12H3;;1-2H;/q-2;;;. The average Bonchev–Trinajstić information content (AvgIpc) is 4.07. The summed E-state index contributed by atoms with van der Waals surface area (Å²) in [6, 6.07) is 26.9. The number of hydrogen-bond acceptors (Lipinski definition) is 5. The number of nitrogens with zero attached hydrogens (tertiary/aromatic N) is 4. The second kappa shape index (κ2) is 18.5. The van der Waals surface area contributed by atoms with E-state index in [0.29, 0.717) is 19.8 Å². The van der Waals surface area contributed by atoms with Gasteiger partial charge in [0.15, 0.2) is 0 Å². The van der Waals surface area contributed by atoms with Gasteiger partial charge in [0.25, 0.3) is 0 Å². The van der Waals surface area contributed by atoms with Gasteiger partial charge in [-0.3, -0.25) is 10.5 Å². The maximum atomic E-state index is 8.26. The number of aromatic nitrogens is 4. The van der Waals surface area contributed by atoms with E-state index in [0.717, 1.165) is 89.4 Å². The van der Waals surface area contributed by atoms with E-state index in [-0.39, 0.29) is 0 Å². The summed E-state index contributed by atoms with van der Waals surface area (Å²) in [5.74, 6) is 0. The Morgan fingerprint density at radius 3 is 0.672 bits per heavy atom. The molecule has 0 fully saturated rings. The van der Waals surface area contributed by atoms with Crippen LogP contribution in [-0.2, 0) is 23.2 Å². The van der Waals surface area contributed by atoms with Gasteiger partial charge in [-0.2, -0.15) is 0 Å². The van der Waals surface area contributed by atoms with Crippen molar-refractivity contribution in [2.45, 2.75) is 83.1 Å². The van der Waals surface area contributed by atoms with E-state index in [1.807, 2.05) is 0 Å². The first-order valence-electron chi connectivity index (χ1n) is 21.4. The third-order valence-corrected chi connectivity index (χ3v) is 12.3. The third kappa shape index (κ3) is 8.36. The second-order valence-electron chi connectivity index (χ2n) is 17.5. The van der Waals surface area contributed by atoms with E-state index < -0.39 is 0 Å². The van der Waals surface area contributed by atoms with Gasteiger partial charge in [0.2, 0.25) is 0 Å². The molecule has 8 bridgehead atoms. The van der Waals surface area contributed by atoms with E-state index in [1.54, 1.807) is 0 Å². The number of hydrogen-bond donors (Lipinski definition) is 2. The van der Waals surface area contributed by atoms with Crippen LogP contribution >= 0.6 is 0 Å². The first-order chi connectivity index (χ1) is 30.7. The quantitative estimate of drug-likeness (QED) is 0.103. The van der Waals surface area contributed by atoms with Crippen LogP contribution in [0.4, 0.5) is 0 Å². The molecule has 4 aromatic carbocycles. The van der Waals surface area contributed by atoms with Crippen molar-refractivity contribution in [1.29, 1.82) is 0 Å². The summed E-state index contributed by atoms with van der Waals surface area (Å²) in [4.78, 5) is 22.4. The molecule has 7 nitrogen and oxygen atoms in total. The summed E-state index contributed by atoms with van der Waals surface area (Å²) in [6.45, 7) is 26.3. The Bertz CT molecular complexity index is 2740. The molecule has 0 saturated carbocycles. The predicted molar refractivity (Wildman–Crippen MR) is 261 cm³/mol. The molecule has 0 saturated heterocycles. The summed E-state index contributed by atoms with van der Waals surface area (Å²) >= 11 is 0.700. The Balaban J connectivity index is 0.00000149. The van der Waals surface area contributed by atoms with Gasteiger partial charge in [-0.05, 0) is 196 Å². The van der Waals surface area contributed by atoms with Gasteiger partial charge in [-0.15, -0.1) is 22.1 Å². The minimum absolute atomic E-state index is 0.700. The van der Waals surface area contributed by atoms with Gasteiger partial charge in [0.05, 0.1) is 22.8 Å². The average molecular weight is 927 g/mol. The van der Waals surface area contributed by atoms with Crippen molar-refractivity contribution in [3.05, 3.63) is 162 Å². The Kier molecular flexibility index (Phi) is 13.3. The van der Waals surface area contributed by atoms with Crippen molar-refractivity contribution in [1.82, 2.24) is 19.9 Å². The number of benzene rings is 4. The predicted octanol–water partition coefficient (Wildman–Crippen LogP) is 14.2. The Labute approximate surface area is 387 Å². The zero-order valence-corrected chi connectivity index (χ0v) is 40.7. The molecule has 0 amide bonds. The monoisotopic (exact) mass is 928 g/mol. The molecular weight excluding hydrogens is 873 g/mol. The Morgan fingerprint density at radius 1 is 0.328 bits per heavy atom. The van der Waals surface area contributed by atoms with Crippen LogP contribution in [0.1, 0.15) is 89.5 Å². The molecule has 2 N–H and O–H groups in total. The van der Waals surface area contributed by atoms with E-state index in [4.69, 9.17) is 33.8 Å². The summed E-state index contributed by atoms with van der Waals surface area (Å²) in [5.41, 5.74) is 30.4. The van der Waals surface area contributed by atoms with Crippen molar-refractivity contribution >= 4 is 46.4 Å². The number of aryl methyl sites for hydroxylation is 12. The van der Waals surface area contributed by atoms with Crippen LogP contribution in [0.3, 0.4) is 0 Å². The van der Waals surface area contributed by atoms with Gasteiger partial charge < -0.3 is 9.97 Å². The van der Waals surface area contributed by atoms with Crippen LogP contribution in [0.25, 0.3) is 90.9 Å². The zero-order chi connectivity index (χ0) is 46.3. The van der Waals surface area contributed by atoms with Gasteiger partial charge in [0.1, 0.15) is 0 Å². The summed E-state index contributed by atoms with van der Waals surface area (Å²) < 4.78 is 8.26. The molecule has 0 unspecified atom stereocenters. The minimum atomic E-state index is 0.700. The zero-order valence-electron chi connectivity index (χ0n) is 38.7. The normalized spacial score (nSPS) is 11.6. The topological polar surface area (TPSA) is 112 Å². The van der Waals surface area contributed by atoms with Crippen LogP contribution in [0, 0.1) is 83.1 Å². The van der Waals surface area contributed by atoms with Crippen LogP contribution in [0.5, 0.6) is 0 Å². The molecule has 2 aliphatic rings. The fraction of sp³-hybridized carbons (Fsp3) is 0.214. The fourth-order valence-electron chi connectivity index (χ4n) is 10.4. The van der Waals surface area contributed by atoms with Crippen LogP contribution in [-0.4, -0.2) is 20.5 Å². The molecule has 0 radical (unpaired) electrons. The molecule has 8 heteroatoms. The molecule has 3 aromatic heterocycles. The molecule has 5 heterocycles. The fourth-order valence-corrected chi connectivity index (χ4v) is 10.4. The van der Waals surface area contributed by atoms with Crippen molar-refractivity contribution in [2.75, 3.05) is 0 Å². The maximum absolute atomic E-state index is 8.26. The van der Waals surface area contributed by atoms with Gasteiger partial charge in [-0.25, -0.2) is 9.97 Å². The molecule has 0 spiro atoms. The molecule has 9 rings (SSSR count). The molecular formula is C56H54MoN4O3-2. The number of fused-ring (bicyclic) bond motifs is 8. The Hall–Kier alpha value is -6.11. The van der Waals surface area contributed by atoms with Crippen molar-refractivity contribution in [2.24, 2.45) is 0 Å². The van der Waals surface area contributed by atoms with Crippen molar-refractivity contribution < 1.29 is 33.7 Å². The first kappa shape index (κ1) is 45.9. The molecule has 2 aliphatic heterocycles. The Morgan fingerprint density at radius 2 is 0.500 bits per heavy atom. The molecule has 0 aliphatic carbocycles. The molecule has 64 heavy (non-hydrogen) atoms. The van der Waals surface area contributed by atoms with E-state index in [2.05, 4.69) is 180 Å². The SMILES string of the molecule is Cc1cc(C)c(-c2c3nc(c(-c4c(C)cc(C)cc4C)c4ccc([n-]4)c(-c4c(C)cc(C)cc4C)c4nc(c(-c5c(C)cc(C)cc5C)c5ccc2[n-]5)C=C4)C=C3)c(C)c1.OO.[O]=[Mo]. The van der Waals surface area contributed by atoms with Crippen LogP contribution < -0.4 is 9.97 Å². The second-order valence-corrected chi connectivity index (χ2v) is 17.5. The summed E-state index contributed by atoms with van der Waals surface area (Å²) in [6.07, 6.45) is 8.72. The third-order valence-electron chi connectivity index (χ3n) is 12.3. The van der Waals surface area contributed by atoms with Crippen molar-refractivity contribution in [3.8, 4) is 44.5 Å². The van der Waals surface area contributed by atoms with Gasteiger partial charge in [0, 0.05) is 0 Å². The van der Waals surface area contributed by atoms with E-state index in [9.17, 15) is 0 Å². The summed E-state index contributed by atoms with van der Waals surface area (Å²) in [5, 5.41) is 12.0. The van der Waals surface area contributed by atoms with Crippen molar-refractivity contribution in [3.63, 3.8) is 0 Å². The van der Waals surface area contributed by atoms with Crippen LogP contribution in [0.2, 0.25) is 0 Å².